The fourth-order valence-electron chi connectivity index (χ4n) is 3.22. The fraction of sp³-hybridized carbons (Fsp3) is 0.650. The van der Waals surface area contributed by atoms with E-state index in [1.165, 1.54) is 0 Å². The lowest BCUT2D eigenvalue weighted by molar-refractivity contribution is 0.0205. The highest BCUT2D eigenvalue weighted by Crippen LogP contribution is 2.14. The molecule has 2 N–H and O–H groups in total. The molecule has 0 unspecified atom stereocenters. The number of hydrogen-bond donors (Lipinski definition) is 2. The van der Waals surface area contributed by atoms with Gasteiger partial charge in [-0.05, 0) is 44.2 Å². The molecule has 3 heterocycles. The normalized spacial score (nSPS) is 15.8. The highest BCUT2D eigenvalue weighted by Gasteiger charge is 2.13. The van der Waals surface area contributed by atoms with Crippen molar-refractivity contribution in [2.45, 2.75) is 32.6 Å². The van der Waals surface area contributed by atoms with E-state index in [4.69, 9.17) is 9.47 Å². The molecule has 8 nitrogen and oxygen atoms in total. The van der Waals surface area contributed by atoms with Crippen LogP contribution in [-0.2, 0) is 15.9 Å². The summed E-state index contributed by atoms with van der Waals surface area (Å²) in [5.74, 6) is 2.44. The second-order valence-electron chi connectivity index (χ2n) is 6.97. The third kappa shape index (κ3) is 6.45. The minimum atomic E-state index is 0.657. The van der Waals surface area contributed by atoms with Crippen molar-refractivity contribution in [3.05, 3.63) is 30.2 Å². The summed E-state index contributed by atoms with van der Waals surface area (Å²) < 4.78 is 13.2. The molecular formula is C20H32N6O2. The van der Waals surface area contributed by atoms with E-state index >= 15 is 0 Å². The zero-order valence-electron chi connectivity index (χ0n) is 16.8. The Morgan fingerprint density at radius 2 is 2.18 bits per heavy atom. The number of rotatable bonds is 10. The molecule has 154 valence electrons. The third-order valence-corrected chi connectivity index (χ3v) is 4.78. The Kier molecular flexibility index (Phi) is 8.52. The monoisotopic (exact) mass is 388 g/mol. The van der Waals surface area contributed by atoms with E-state index in [9.17, 15) is 0 Å². The lowest BCUT2D eigenvalue weighted by Crippen LogP contribution is -2.38. The Morgan fingerprint density at radius 1 is 1.29 bits per heavy atom. The number of fused-ring (bicyclic) bond motifs is 1. The van der Waals surface area contributed by atoms with Gasteiger partial charge in [0.1, 0.15) is 5.82 Å². The molecule has 28 heavy (non-hydrogen) atoms. The lowest BCUT2D eigenvalue weighted by Gasteiger charge is -2.21. The third-order valence-electron chi connectivity index (χ3n) is 4.78. The molecule has 0 saturated carbocycles. The number of nitrogens with zero attached hydrogens (tertiary/aromatic N) is 4. The number of nitrogens with one attached hydrogen (secondary N) is 2. The molecule has 2 aromatic rings. The average Bonchev–Trinajstić information content (AvgIpc) is 3.14. The van der Waals surface area contributed by atoms with Gasteiger partial charge in [0.2, 0.25) is 0 Å². The number of aliphatic imine (C=N–C) groups is 1. The molecular weight excluding hydrogens is 356 g/mol. The molecule has 0 radical (unpaired) electrons. The van der Waals surface area contributed by atoms with Crippen molar-refractivity contribution in [3.8, 4) is 0 Å². The highest BCUT2D eigenvalue weighted by atomic mass is 16.5. The maximum atomic E-state index is 5.80. The van der Waals surface area contributed by atoms with Crippen molar-refractivity contribution in [1.29, 1.82) is 0 Å². The smallest absolute Gasteiger partial charge is 0.191 e. The van der Waals surface area contributed by atoms with Crippen molar-refractivity contribution >= 4 is 11.6 Å². The summed E-state index contributed by atoms with van der Waals surface area (Å²) in [7, 11) is 0. The van der Waals surface area contributed by atoms with Crippen LogP contribution in [0.1, 0.15) is 32.0 Å². The van der Waals surface area contributed by atoms with Gasteiger partial charge in [0.15, 0.2) is 11.6 Å². The van der Waals surface area contributed by atoms with Crippen LogP contribution in [0.4, 0.5) is 0 Å². The zero-order valence-corrected chi connectivity index (χ0v) is 16.8. The maximum absolute atomic E-state index is 5.80. The quantitative estimate of drug-likeness (QED) is 0.366. The van der Waals surface area contributed by atoms with Gasteiger partial charge in [-0.2, -0.15) is 0 Å². The topological polar surface area (TPSA) is 85.1 Å². The van der Waals surface area contributed by atoms with Crippen LogP contribution in [0, 0.1) is 5.92 Å². The maximum Gasteiger partial charge on any atom is 0.191 e. The van der Waals surface area contributed by atoms with Crippen molar-refractivity contribution in [2.24, 2.45) is 10.9 Å². The van der Waals surface area contributed by atoms with Gasteiger partial charge in [0.05, 0.1) is 0 Å². The van der Waals surface area contributed by atoms with Crippen LogP contribution < -0.4 is 10.6 Å². The molecule has 0 spiro atoms. The van der Waals surface area contributed by atoms with E-state index in [0.717, 1.165) is 89.2 Å². The molecule has 8 heteroatoms. The summed E-state index contributed by atoms with van der Waals surface area (Å²) in [5.41, 5.74) is 0.874. The van der Waals surface area contributed by atoms with Gasteiger partial charge in [-0.1, -0.05) is 6.07 Å². The Bertz CT molecular complexity index is 726. The molecule has 1 saturated heterocycles. The van der Waals surface area contributed by atoms with Crippen LogP contribution in [0.3, 0.4) is 0 Å². The van der Waals surface area contributed by atoms with E-state index < -0.39 is 0 Å². The van der Waals surface area contributed by atoms with E-state index in [2.05, 4.69) is 32.7 Å². The Hall–Kier alpha value is -2.19. The molecule has 1 fully saturated rings. The van der Waals surface area contributed by atoms with Gasteiger partial charge in [0.25, 0.3) is 0 Å². The largest absolute Gasteiger partial charge is 0.381 e. The SMILES string of the molecule is CCNC(=NCCCOCC1CCOCC1)NCCc1nnc2ccccn12. The summed E-state index contributed by atoms with van der Waals surface area (Å²) in [6.45, 7) is 7.75. The summed E-state index contributed by atoms with van der Waals surface area (Å²) >= 11 is 0. The first kappa shape index (κ1) is 20.5. The molecule has 0 aromatic carbocycles. The lowest BCUT2D eigenvalue weighted by atomic mass is 10.0. The Morgan fingerprint density at radius 3 is 3.04 bits per heavy atom. The molecule has 2 aromatic heterocycles. The van der Waals surface area contributed by atoms with Gasteiger partial charge in [-0.25, -0.2) is 0 Å². The van der Waals surface area contributed by atoms with E-state index in [-0.39, 0.29) is 0 Å². The average molecular weight is 389 g/mol. The molecule has 0 bridgehead atoms. The number of hydrogen-bond acceptors (Lipinski definition) is 5. The van der Waals surface area contributed by atoms with E-state index in [1.807, 2.05) is 28.8 Å². The standard InChI is InChI=1S/C20H32N6O2/c1-2-21-20(22-10-5-13-28-16-17-8-14-27-15-9-17)23-11-7-19-25-24-18-6-3-4-12-26(18)19/h3-4,6,12,17H,2,5,7-11,13-16H2,1H3,(H2,21,22,23). The van der Waals surface area contributed by atoms with E-state index in [0.29, 0.717) is 5.92 Å². The molecule has 0 amide bonds. The molecule has 0 aliphatic carbocycles. The first-order valence-corrected chi connectivity index (χ1v) is 10.3. The van der Waals surface area contributed by atoms with Crippen LogP contribution in [-0.4, -0.2) is 66.6 Å². The predicted molar refractivity (Wildman–Crippen MR) is 110 cm³/mol. The van der Waals surface area contributed by atoms with E-state index in [1.54, 1.807) is 0 Å². The van der Waals surface area contributed by atoms with Gasteiger partial charge >= 0.3 is 0 Å². The fourth-order valence-corrected chi connectivity index (χ4v) is 3.22. The zero-order chi connectivity index (χ0) is 19.4. The van der Waals surface area contributed by atoms with Gasteiger partial charge in [-0.15, -0.1) is 10.2 Å². The van der Waals surface area contributed by atoms with Crippen LogP contribution in [0.25, 0.3) is 5.65 Å². The second-order valence-corrected chi connectivity index (χ2v) is 6.97. The Labute approximate surface area is 166 Å². The number of aromatic nitrogens is 3. The van der Waals surface area contributed by atoms with Crippen LogP contribution >= 0.6 is 0 Å². The predicted octanol–water partition coefficient (Wildman–Crippen LogP) is 1.66. The molecule has 1 aliphatic rings. The minimum absolute atomic E-state index is 0.657. The van der Waals surface area contributed by atoms with Crippen molar-refractivity contribution in [3.63, 3.8) is 0 Å². The van der Waals surface area contributed by atoms with Gasteiger partial charge < -0.3 is 20.1 Å². The number of ether oxygens (including phenoxy) is 2. The second kappa shape index (κ2) is 11.6. The van der Waals surface area contributed by atoms with Crippen molar-refractivity contribution in [2.75, 3.05) is 46.1 Å². The minimum Gasteiger partial charge on any atom is -0.381 e. The van der Waals surface area contributed by atoms with Crippen molar-refractivity contribution in [1.82, 2.24) is 25.2 Å². The molecule has 3 rings (SSSR count). The van der Waals surface area contributed by atoms with Crippen molar-refractivity contribution < 1.29 is 9.47 Å². The first-order valence-electron chi connectivity index (χ1n) is 10.3. The number of guanidine groups is 1. The summed E-state index contributed by atoms with van der Waals surface area (Å²) in [6.07, 6.45) is 5.94. The molecule has 1 aliphatic heterocycles. The summed E-state index contributed by atoms with van der Waals surface area (Å²) in [6, 6.07) is 5.91. The number of pyridine rings is 1. The Balaban J connectivity index is 1.34. The summed E-state index contributed by atoms with van der Waals surface area (Å²) in [5, 5.41) is 15.1. The van der Waals surface area contributed by atoms with Crippen LogP contribution in [0.15, 0.2) is 29.4 Å². The first-order chi connectivity index (χ1) is 13.9. The highest BCUT2D eigenvalue weighted by molar-refractivity contribution is 5.79. The van der Waals surface area contributed by atoms with Crippen LogP contribution in [0.5, 0.6) is 0 Å². The van der Waals surface area contributed by atoms with Gasteiger partial charge in [-0.3, -0.25) is 9.39 Å². The molecule has 0 atom stereocenters. The van der Waals surface area contributed by atoms with Crippen LogP contribution in [0.2, 0.25) is 0 Å². The van der Waals surface area contributed by atoms with Gasteiger partial charge in [0, 0.05) is 58.7 Å². The summed E-state index contributed by atoms with van der Waals surface area (Å²) in [4.78, 5) is 4.63.